The Morgan fingerprint density at radius 3 is 2.50 bits per heavy atom. The first-order valence-electron chi connectivity index (χ1n) is 9.13. The van der Waals surface area contributed by atoms with Gasteiger partial charge >= 0.3 is 0 Å². The number of nitrogens with one attached hydrogen (secondary N) is 1. The van der Waals surface area contributed by atoms with Crippen LogP contribution in [0.1, 0.15) is 5.56 Å². The zero-order chi connectivity index (χ0) is 21.7. The number of carbonyl (C=O) groups excluding carboxylic acids is 1. The quantitative estimate of drug-likeness (QED) is 0.520. The molecular weight excluding hydrogens is 414 g/mol. The number of hydrogen-bond donors (Lipinski definition) is 1. The average Bonchev–Trinajstić information content (AvgIpc) is 2.74. The summed E-state index contributed by atoms with van der Waals surface area (Å²) in [5.41, 5.74) is 0.974. The number of nitro groups is 1. The van der Waals surface area contributed by atoms with Gasteiger partial charge in [-0.3, -0.25) is 14.9 Å². The Balaban J connectivity index is 1.66. The molecule has 2 aromatic carbocycles. The third kappa shape index (κ3) is 5.12. The Kier molecular flexibility index (Phi) is 6.65. The van der Waals surface area contributed by atoms with E-state index in [0.29, 0.717) is 30.2 Å². The van der Waals surface area contributed by atoms with Crippen LogP contribution >= 0.6 is 0 Å². The molecule has 0 aromatic heterocycles. The van der Waals surface area contributed by atoms with Gasteiger partial charge in [0.2, 0.25) is 10.0 Å². The number of non-ortho nitro benzene ring substituents is 1. The fourth-order valence-corrected chi connectivity index (χ4v) is 4.27. The van der Waals surface area contributed by atoms with Crippen LogP contribution in [-0.4, -0.2) is 56.5 Å². The molecule has 0 aliphatic carbocycles. The number of anilines is 1. The van der Waals surface area contributed by atoms with Gasteiger partial charge in [-0.15, -0.1) is 0 Å². The molecule has 0 saturated carbocycles. The molecule has 11 heteroatoms. The van der Waals surface area contributed by atoms with Gasteiger partial charge in [-0.2, -0.15) is 4.31 Å². The van der Waals surface area contributed by atoms with Crippen molar-refractivity contribution in [2.45, 2.75) is 11.8 Å². The predicted octanol–water partition coefficient (Wildman–Crippen LogP) is 1.94. The molecule has 1 heterocycles. The largest absolute Gasteiger partial charge is 0.484 e. The van der Waals surface area contributed by atoms with Gasteiger partial charge in [0, 0.05) is 30.9 Å². The molecule has 30 heavy (non-hydrogen) atoms. The number of nitro benzene ring substituents is 1. The van der Waals surface area contributed by atoms with E-state index >= 15 is 0 Å². The molecule has 1 fully saturated rings. The van der Waals surface area contributed by atoms with Gasteiger partial charge in [-0.05, 0) is 36.8 Å². The normalized spacial score (nSPS) is 14.8. The summed E-state index contributed by atoms with van der Waals surface area (Å²) in [6.07, 6.45) is 0. The lowest BCUT2D eigenvalue weighted by Crippen LogP contribution is -2.40. The molecular formula is C19H21N3O7S. The Bertz CT molecular complexity index is 1030. The molecule has 0 bridgehead atoms. The van der Waals surface area contributed by atoms with Crippen LogP contribution in [0.4, 0.5) is 11.4 Å². The molecule has 3 rings (SSSR count). The van der Waals surface area contributed by atoms with Gasteiger partial charge in [0.1, 0.15) is 5.75 Å². The third-order valence-electron chi connectivity index (χ3n) is 4.51. The highest BCUT2D eigenvalue weighted by molar-refractivity contribution is 7.89. The number of rotatable bonds is 7. The number of benzene rings is 2. The van der Waals surface area contributed by atoms with Crippen molar-refractivity contribution in [1.82, 2.24) is 4.31 Å². The third-order valence-corrected chi connectivity index (χ3v) is 6.40. The van der Waals surface area contributed by atoms with Crippen LogP contribution < -0.4 is 10.1 Å². The molecule has 10 nitrogen and oxygen atoms in total. The van der Waals surface area contributed by atoms with Gasteiger partial charge in [-0.25, -0.2) is 8.42 Å². The van der Waals surface area contributed by atoms with Crippen LogP contribution in [0.2, 0.25) is 0 Å². The molecule has 2 aromatic rings. The van der Waals surface area contributed by atoms with E-state index in [1.54, 1.807) is 13.0 Å². The summed E-state index contributed by atoms with van der Waals surface area (Å²) in [6.45, 7) is 2.65. The molecule has 1 aliphatic rings. The Morgan fingerprint density at radius 1 is 1.20 bits per heavy atom. The van der Waals surface area contributed by atoms with Crippen molar-refractivity contribution in [3.8, 4) is 5.75 Å². The van der Waals surface area contributed by atoms with Crippen LogP contribution in [-0.2, 0) is 19.6 Å². The molecule has 1 aliphatic heterocycles. The van der Waals surface area contributed by atoms with Crippen molar-refractivity contribution >= 4 is 27.3 Å². The van der Waals surface area contributed by atoms with Crippen molar-refractivity contribution in [2.24, 2.45) is 0 Å². The molecule has 1 amide bonds. The summed E-state index contributed by atoms with van der Waals surface area (Å²) in [7, 11) is -3.69. The van der Waals surface area contributed by atoms with E-state index in [0.717, 1.165) is 0 Å². The second-order valence-electron chi connectivity index (χ2n) is 6.58. The van der Waals surface area contributed by atoms with Gasteiger partial charge in [0.15, 0.2) is 6.61 Å². The monoisotopic (exact) mass is 435 g/mol. The number of carbonyl (C=O) groups is 1. The average molecular weight is 435 g/mol. The summed E-state index contributed by atoms with van der Waals surface area (Å²) in [6, 6.07) is 9.89. The van der Waals surface area contributed by atoms with Gasteiger partial charge in [0.05, 0.1) is 23.0 Å². The second-order valence-corrected chi connectivity index (χ2v) is 8.52. The molecule has 0 spiro atoms. The predicted molar refractivity (Wildman–Crippen MR) is 108 cm³/mol. The summed E-state index contributed by atoms with van der Waals surface area (Å²) in [5.74, 6) is -0.187. The van der Waals surface area contributed by atoms with Crippen LogP contribution in [0.3, 0.4) is 0 Å². The minimum atomic E-state index is -3.69. The van der Waals surface area contributed by atoms with E-state index in [1.165, 1.54) is 40.7 Å². The van der Waals surface area contributed by atoms with E-state index < -0.39 is 20.9 Å². The smallest absolute Gasteiger partial charge is 0.269 e. The molecule has 0 atom stereocenters. The van der Waals surface area contributed by atoms with Crippen LogP contribution in [0.25, 0.3) is 0 Å². The summed E-state index contributed by atoms with van der Waals surface area (Å²) in [4.78, 5) is 22.5. The molecule has 1 saturated heterocycles. The number of aryl methyl sites for hydroxylation is 1. The fourth-order valence-electron chi connectivity index (χ4n) is 2.83. The minimum absolute atomic E-state index is 0.0827. The van der Waals surface area contributed by atoms with Crippen LogP contribution in [0, 0.1) is 17.0 Å². The SMILES string of the molecule is Cc1ccc(S(=O)(=O)N2CCOCC2)cc1NC(=O)COc1ccc([N+](=O)[O-])cc1. The highest BCUT2D eigenvalue weighted by Crippen LogP contribution is 2.24. The van der Waals surface area contributed by atoms with Crippen molar-refractivity contribution in [2.75, 3.05) is 38.2 Å². The number of ether oxygens (including phenoxy) is 2. The van der Waals surface area contributed by atoms with Crippen molar-refractivity contribution in [3.05, 3.63) is 58.1 Å². The first kappa shape index (κ1) is 21.7. The lowest BCUT2D eigenvalue weighted by Gasteiger charge is -2.26. The number of hydrogen-bond acceptors (Lipinski definition) is 7. The standard InChI is InChI=1S/C19H21N3O7S/c1-14-2-7-17(30(26,27)21-8-10-28-11-9-21)12-18(14)20-19(23)13-29-16-5-3-15(4-6-16)22(24)25/h2-7,12H,8-11,13H2,1H3,(H,20,23). The zero-order valence-corrected chi connectivity index (χ0v) is 17.1. The van der Waals surface area contributed by atoms with E-state index in [2.05, 4.69) is 5.32 Å². The number of sulfonamides is 1. The van der Waals surface area contributed by atoms with Gasteiger partial charge in [0.25, 0.3) is 11.6 Å². The topological polar surface area (TPSA) is 128 Å². The van der Waals surface area contributed by atoms with Gasteiger partial charge in [-0.1, -0.05) is 6.07 Å². The van der Waals surface area contributed by atoms with Crippen LogP contribution in [0.5, 0.6) is 5.75 Å². The molecule has 0 radical (unpaired) electrons. The Hall–Kier alpha value is -3.02. The first-order chi connectivity index (χ1) is 14.3. The van der Waals surface area contributed by atoms with E-state index in [1.807, 2.05) is 0 Å². The van der Waals surface area contributed by atoms with Crippen LogP contribution in [0.15, 0.2) is 47.4 Å². The summed E-state index contributed by atoms with van der Waals surface area (Å²) in [5, 5.41) is 13.3. The maximum Gasteiger partial charge on any atom is 0.269 e. The maximum atomic E-state index is 12.8. The van der Waals surface area contributed by atoms with E-state index in [4.69, 9.17) is 9.47 Å². The maximum absolute atomic E-state index is 12.8. The zero-order valence-electron chi connectivity index (χ0n) is 16.2. The number of amides is 1. The molecule has 1 N–H and O–H groups in total. The van der Waals surface area contributed by atoms with Crippen molar-refractivity contribution in [3.63, 3.8) is 0 Å². The highest BCUT2D eigenvalue weighted by Gasteiger charge is 2.26. The van der Waals surface area contributed by atoms with Crippen molar-refractivity contribution < 1.29 is 27.6 Å². The van der Waals surface area contributed by atoms with Gasteiger partial charge < -0.3 is 14.8 Å². The first-order valence-corrected chi connectivity index (χ1v) is 10.6. The fraction of sp³-hybridized carbons (Fsp3) is 0.316. The molecule has 160 valence electrons. The number of nitrogens with zero attached hydrogens (tertiary/aromatic N) is 2. The Labute approximate surface area is 173 Å². The van der Waals surface area contributed by atoms with Crippen molar-refractivity contribution in [1.29, 1.82) is 0 Å². The van der Waals surface area contributed by atoms with E-state index in [9.17, 15) is 23.3 Å². The lowest BCUT2D eigenvalue weighted by molar-refractivity contribution is -0.384. The Morgan fingerprint density at radius 2 is 1.87 bits per heavy atom. The minimum Gasteiger partial charge on any atom is -0.484 e. The second kappa shape index (κ2) is 9.20. The highest BCUT2D eigenvalue weighted by atomic mass is 32.2. The van der Waals surface area contributed by atoms with E-state index in [-0.39, 0.29) is 30.3 Å². The lowest BCUT2D eigenvalue weighted by atomic mass is 10.2. The summed E-state index contributed by atoms with van der Waals surface area (Å²) < 4.78 is 37.5. The summed E-state index contributed by atoms with van der Waals surface area (Å²) >= 11 is 0. The molecule has 0 unspecified atom stereocenters. The number of morpholine rings is 1.